The number of rotatable bonds is 5. The predicted molar refractivity (Wildman–Crippen MR) is 86.8 cm³/mol. The van der Waals surface area contributed by atoms with Gasteiger partial charge in [0, 0.05) is 5.38 Å². The molecule has 22 heavy (non-hydrogen) atoms. The third kappa shape index (κ3) is 6.01. The van der Waals surface area contributed by atoms with Gasteiger partial charge in [-0.05, 0) is 41.0 Å². The van der Waals surface area contributed by atoms with Gasteiger partial charge in [-0.1, -0.05) is 6.92 Å². The molecule has 0 fully saturated rings. The molecule has 0 spiro atoms. The highest BCUT2D eigenvalue weighted by molar-refractivity contribution is 7.09. The molecule has 0 unspecified atom stereocenters. The van der Waals surface area contributed by atoms with Gasteiger partial charge in [0.1, 0.15) is 11.1 Å². The van der Waals surface area contributed by atoms with E-state index in [1.54, 1.807) is 46.0 Å². The lowest BCUT2D eigenvalue weighted by molar-refractivity contribution is -0.126. The SMILES string of the molecule is CCc1nc(CNC(=O)C(C)(C)NC(=O)OC(C)(C)C)cs1. The Morgan fingerprint density at radius 3 is 2.41 bits per heavy atom. The highest BCUT2D eigenvalue weighted by atomic mass is 32.1. The fourth-order valence-electron chi connectivity index (χ4n) is 1.60. The number of ether oxygens (including phenoxy) is 1. The molecular weight excluding hydrogens is 302 g/mol. The van der Waals surface area contributed by atoms with E-state index in [9.17, 15) is 9.59 Å². The zero-order valence-electron chi connectivity index (χ0n) is 14.1. The van der Waals surface area contributed by atoms with E-state index in [1.165, 1.54) is 0 Å². The van der Waals surface area contributed by atoms with Gasteiger partial charge in [0.15, 0.2) is 0 Å². The van der Waals surface area contributed by atoms with Gasteiger partial charge in [-0.15, -0.1) is 11.3 Å². The molecule has 0 aliphatic carbocycles. The van der Waals surface area contributed by atoms with E-state index in [2.05, 4.69) is 15.6 Å². The summed E-state index contributed by atoms with van der Waals surface area (Å²) in [5, 5.41) is 8.32. The zero-order valence-corrected chi connectivity index (χ0v) is 14.9. The van der Waals surface area contributed by atoms with E-state index < -0.39 is 17.2 Å². The number of hydrogen-bond acceptors (Lipinski definition) is 5. The summed E-state index contributed by atoms with van der Waals surface area (Å²) in [6.07, 6.45) is 0.263. The third-order valence-electron chi connectivity index (χ3n) is 2.71. The number of alkyl carbamates (subject to hydrolysis) is 1. The summed E-state index contributed by atoms with van der Waals surface area (Å²) in [4.78, 5) is 28.4. The van der Waals surface area contributed by atoms with E-state index in [4.69, 9.17) is 4.74 Å². The van der Waals surface area contributed by atoms with Gasteiger partial charge in [0.2, 0.25) is 5.91 Å². The van der Waals surface area contributed by atoms with Crippen molar-refractivity contribution in [2.75, 3.05) is 0 Å². The molecule has 2 amide bonds. The minimum Gasteiger partial charge on any atom is -0.444 e. The maximum absolute atomic E-state index is 12.2. The van der Waals surface area contributed by atoms with Crippen molar-refractivity contribution in [3.8, 4) is 0 Å². The Balaban J connectivity index is 2.53. The molecule has 0 aliphatic heterocycles. The van der Waals surface area contributed by atoms with E-state index in [0.29, 0.717) is 6.54 Å². The van der Waals surface area contributed by atoms with Crippen LogP contribution in [-0.4, -0.2) is 28.1 Å². The normalized spacial score (nSPS) is 11.9. The maximum Gasteiger partial charge on any atom is 0.408 e. The number of amides is 2. The quantitative estimate of drug-likeness (QED) is 0.871. The van der Waals surface area contributed by atoms with Gasteiger partial charge in [-0.3, -0.25) is 4.79 Å². The predicted octanol–water partition coefficient (Wildman–Crippen LogP) is 2.62. The average molecular weight is 327 g/mol. The Labute approximate surface area is 135 Å². The van der Waals surface area contributed by atoms with Crippen molar-refractivity contribution in [2.45, 2.75) is 65.6 Å². The molecule has 0 aromatic carbocycles. The molecule has 6 nitrogen and oxygen atoms in total. The van der Waals surface area contributed by atoms with Crippen molar-refractivity contribution in [1.82, 2.24) is 15.6 Å². The zero-order chi connectivity index (χ0) is 17.0. The number of nitrogens with zero attached hydrogens (tertiary/aromatic N) is 1. The highest BCUT2D eigenvalue weighted by Gasteiger charge is 2.31. The molecule has 0 aliphatic rings. The molecule has 1 rings (SSSR count). The summed E-state index contributed by atoms with van der Waals surface area (Å²) in [5.74, 6) is -0.288. The highest BCUT2D eigenvalue weighted by Crippen LogP contribution is 2.12. The van der Waals surface area contributed by atoms with Crippen LogP contribution in [0.4, 0.5) is 4.79 Å². The Morgan fingerprint density at radius 1 is 1.27 bits per heavy atom. The second-order valence-corrected chi connectivity index (χ2v) is 7.46. The number of thiazole rings is 1. The van der Waals surface area contributed by atoms with Crippen molar-refractivity contribution in [2.24, 2.45) is 0 Å². The smallest absolute Gasteiger partial charge is 0.408 e. The van der Waals surface area contributed by atoms with E-state index in [1.807, 2.05) is 12.3 Å². The minimum atomic E-state index is -1.06. The summed E-state index contributed by atoms with van der Waals surface area (Å²) < 4.78 is 5.16. The van der Waals surface area contributed by atoms with Crippen LogP contribution >= 0.6 is 11.3 Å². The Morgan fingerprint density at radius 2 is 1.91 bits per heavy atom. The van der Waals surface area contributed by atoms with Crippen LogP contribution in [-0.2, 0) is 22.5 Å². The first-order valence-corrected chi connectivity index (χ1v) is 8.14. The van der Waals surface area contributed by atoms with Crippen LogP contribution in [0.1, 0.15) is 52.2 Å². The molecule has 0 bridgehead atoms. The summed E-state index contributed by atoms with van der Waals surface area (Å²) in [5.41, 5.74) is -0.844. The van der Waals surface area contributed by atoms with Gasteiger partial charge in [-0.2, -0.15) is 0 Å². The topological polar surface area (TPSA) is 80.3 Å². The second kappa shape index (κ2) is 7.09. The molecule has 1 aromatic heterocycles. The summed E-state index contributed by atoms with van der Waals surface area (Å²) in [6, 6.07) is 0. The lowest BCUT2D eigenvalue weighted by Gasteiger charge is -2.27. The average Bonchev–Trinajstić information content (AvgIpc) is 2.80. The molecular formula is C15H25N3O3S. The Bertz CT molecular complexity index is 532. The number of carbonyl (C=O) groups excluding carboxylic acids is 2. The monoisotopic (exact) mass is 327 g/mol. The molecule has 2 N–H and O–H groups in total. The first kappa shape index (κ1) is 18.4. The molecule has 1 heterocycles. The van der Waals surface area contributed by atoms with Crippen LogP contribution in [0.2, 0.25) is 0 Å². The van der Waals surface area contributed by atoms with Crippen LogP contribution in [0, 0.1) is 0 Å². The number of nitrogens with one attached hydrogen (secondary N) is 2. The van der Waals surface area contributed by atoms with E-state index in [0.717, 1.165) is 17.1 Å². The van der Waals surface area contributed by atoms with E-state index in [-0.39, 0.29) is 5.91 Å². The molecule has 0 saturated carbocycles. The van der Waals surface area contributed by atoms with Gasteiger partial charge in [0.05, 0.1) is 17.2 Å². The number of aryl methyl sites for hydroxylation is 1. The van der Waals surface area contributed by atoms with Gasteiger partial charge in [-0.25, -0.2) is 9.78 Å². The van der Waals surface area contributed by atoms with Gasteiger partial charge in [0.25, 0.3) is 0 Å². The lowest BCUT2D eigenvalue weighted by atomic mass is 10.1. The fraction of sp³-hybridized carbons (Fsp3) is 0.667. The molecule has 0 saturated heterocycles. The van der Waals surface area contributed by atoms with Gasteiger partial charge >= 0.3 is 6.09 Å². The molecule has 7 heteroatoms. The van der Waals surface area contributed by atoms with Crippen LogP contribution in [0.3, 0.4) is 0 Å². The standard InChI is InChI=1S/C15H25N3O3S/c1-7-11-17-10(9-22-11)8-16-12(19)15(5,6)18-13(20)21-14(2,3)4/h9H,7-8H2,1-6H3,(H,16,19)(H,18,20). The Hall–Kier alpha value is -1.63. The number of aromatic nitrogens is 1. The molecule has 1 aromatic rings. The van der Waals surface area contributed by atoms with E-state index >= 15 is 0 Å². The maximum atomic E-state index is 12.2. The molecule has 0 radical (unpaired) electrons. The first-order valence-electron chi connectivity index (χ1n) is 7.26. The van der Waals surface area contributed by atoms with Gasteiger partial charge < -0.3 is 15.4 Å². The van der Waals surface area contributed by atoms with Crippen molar-refractivity contribution in [3.63, 3.8) is 0 Å². The molecule has 0 atom stereocenters. The van der Waals surface area contributed by atoms with Crippen molar-refractivity contribution >= 4 is 23.3 Å². The summed E-state index contributed by atoms with van der Waals surface area (Å²) >= 11 is 1.57. The lowest BCUT2D eigenvalue weighted by Crippen LogP contribution is -2.55. The first-order chi connectivity index (χ1) is 10.0. The van der Waals surface area contributed by atoms with Crippen molar-refractivity contribution < 1.29 is 14.3 Å². The third-order valence-corrected chi connectivity index (χ3v) is 3.75. The number of carbonyl (C=O) groups is 2. The largest absolute Gasteiger partial charge is 0.444 e. The number of hydrogen-bond donors (Lipinski definition) is 2. The molecule has 124 valence electrons. The van der Waals surface area contributed by atoms with Crippen LogP contribution in [0.5, 0.6) is 0 Å². The summed E-state index contributed by atoms with van der Waals surface area (Å²) in [7, 11) is 0. The van der Waals surface area contributed by atoms with Crippen LogP contribution in [0.15, 0.2) is 5.38 Å². The van der Waals surface area contributed by atoms with Crippen molar-refractivity contribution in [1.29, 1.82) is 0 Å². The van der Waals surface area contributed by atoms with Crippen LogP contribution in [0.25, 0.3) is 0 Å². The van der Waals surface area contributed by atoms with Crippen LogP contribution < -0.4 is 10.6 Å². The second-order valence-electron chi connectivity index (χ2n) is 6.52. The minimum absolute atomic E-state index is 0.288. The van der Waals surface area contributed by atoms with Crippen molar-refractivity contribution in [3.05, 3.63) is 16.1 Å². The fourth-order valence-corrected chi connectivity index (χ4v) is 2.34. The Kier molecular flexibility index (Phi) is 5.93. The summed E-state index contributed by atoms with van der Waals surface area (Å²) in [6.45, 7) is 11.0.